The van der Waals surface area contributed by atoms with E-state index < -0.39 is 23.9 Å². The standard InChI is InChI=1S/C22H15F5N4OS/c23-18(24)21(32,14-6-2-1-3-7-14)19-29-12-16(33-19)13-5-4-8-15(11-13)30-20-28-10-9-17(31-20)22(25,26)27/h1-12,18,32H,(H,28,30,31). The van der Waals surface area contributed by atoms with Gasteiger partial charge in [-0.3, -0.25) is 0 Å². The van der Waals surface area contributed by atoms with Crippen LogP contribution in [0.2, 0.25) is 0 Å². The van der Waals surface area contributed by atoms with Gasteiger partial charge in [0.15, 0.2) is 0 Å². The lowest BCUT2D eigenvalue weighted by Crippen LogP contribution is -2.35. The van der Waals surface area contributed by atoms with E-state index in [1.807, 2.05) is 0 Å². The first-order chi connectivity index (χ1) is 15.7. The summed E-state index contributed by atoms with van der Waals surface area (Å²) in [6.07, 6.45) is -5.38. The van der Waals surface area contributed by atoms with E-state index >= 15 is 0 Å². The van der Waals surface area contributed by atoms with E-state index in [2.05, 4.69) is 20.3 Å². The summed E-state index contributed by atoms with van der Waals surface area (Å²) in [5.74, 6) is -0.247. The van der Waals surface area contributed by atoms with E-state index in [0.717, 1.165) is 23.6 Å². The smallest absolute Gasteiger partial charge is 0.373 e. The fourth-order valence-corrected chi connectivity index (χ4v) is 4.10. The Morgan fingerprint density at radius 1 is 0.939 bits per heavy atom. The molecule has 0 aliphatic heterocycles. The molecule has 0 fully saturated rings. The van der Waals surface area contributed by atoms with Crippen LogP contribution in [0.1, 0.15) is 16.3 Å². The van der Waals surface area contributed by atoms with Crippen LogP contribution in [0.4, 0.5) is 33.6 Å². The van der Waals surface area contributed by atoms with Gasteiger partial charge in [0, 0.05) is 18.1 Å². The molecule has 0 amide bonds. The maximum absolute atomic E-state index is 13.9. The fourth-order valence-electron chi connectivity index (χ4n) is 3.07. The highest BCUT2D eigenvalue weighted by Crippen LogP contribution is 2.40. The van der Waals surface area contributed by atoms with Gasteiger partial charge >= 0.3 is 6.18 Å². The number of nitrogens with zero attached hydrogens (tertiary/aromatic N) is 3. The van der Waals surface area contributed by atoms with Gasteiger partial charge in [-0.2, -0.15) is 13.2 Å². The van der Waals surface area contributed by atoms with Gasteiger partial charge in [-0.1, -0.05) is 42.5 Å². The van der Waals surface area contributed by atoms with Crippen molar-refractivity contribution in [3.8, 4) is 10.4 Å². The molecule has 170 valence electrons. The quantitative estimate of drug-likeness (QED) is 0.340. The van der Waals surface area contributed by atoms with E-state index in [0.29, 0.717) is 16.1 Å². The number of hydrogen-bond donors (Lipinski definition) is 2. The highest BCUT2D eigenvalue weighted by Gasteiger charge is 2.44. The maximum Gasteiger partial charge on any atom is 0.433 e. The topological polar surface area (TPSA) is 70.9 Å². The van der Waals surface area contributed by atoms with Crippen LogP contribution < -0.4 is 5.32 Å². The van der Waals surface area contributed by atoms with Crippen LogP contribution in [0.15, 0.2) is 73.1 Å². The number of aliphatic hydroxyl groups is 1. The lowest BCUT2D eigenvalue weighted by molar-refractivity contribution is -0.141. The van der Waals surface area contributed by atoms with Gasteiger partial charge in [-0.05, 0) is 29.3 Å². The Labute approximate surface area is 188 Å². The summed E-state index contributed by atoms with van der Waals surface area (Å²) in [5, 5.41) is 13.3. The maximum atomic E-state index is 13.9. The molecule has 0 aliphatic carbocycles. The van der Waals surface area contributed by atoms with Crippen molar-refractivity contribution in [3.63, 3.8) is 0 Å². The zero-order valence-electron chi connectivity index (χ0n) is 16.6. The number of aromatic nitrogens is 3. The van der Waals surface area contributed by atoms with Gasteiger partial charge in [0.2, 0.25) is 11.5 Å². The summed E-state index contributed by atoms with van der Waals surface area (Å²) in [7, 11) is 0. The number of anilines is 2. The Kier molecular flexibility index (Phi) is 6.09. The lowest BCUT2D eigenvalue weighted by atomic mass is 9.95. The normalized spacial score (nSPS) is 13.7. The molecule has 0 saturated carbocycles. The van der Waals surface area contributed by atoms with Gasteiger partial charge in [0.25, 0.3) is 6.43 Å². The molecule has 0 aliphatic rings. The van der Waals surface area contributed by atoms with E-state index in [4.69, 9.17) is 0 Å². The molecule has 4 aromatic rings. The first kappa shape index (κ1) is 22.7. The van der Waals surface area contributed by atoms with Crippen molar-refractivity contribution < 1.29 is 27.1 Å². The molecule has 0 radical (unpaired) electrons. The fraction of sp³-hybridized carbons (Fsp3) is 0.136. The molecule has 33 heavy (non-hydrogen) atoms. The minimum absolute atomic E-state index is 0.0120. The average molecular weight is 478 g/mol. The summed E-state index contributed by atoms with van der Waals surface area (Å²) in [5.41, 5.74) is -2.71. The molecule has 2 aromatic heterocycles. The van der Waals surface area contributed by atoms with E-state index in [9.17, 15) is 27.1 Å². The molecule has 2 aromatic carbocycles. The SMILES string of the molecule is OC(c1ccccc1)(c1ncc(-c2cccc(Nc3nccc(C(F)(F)F)n3)c2)s1)C(F)F. The number of thiazole rings is 1. The molecule has 2 heterocycles. The second-order valence-electron chi connectivity index (χ2n) is 6.93. The van der Waals surface area contributed by atoms with Gasteiger partial charge in [0.1, 0.15) is 10.7 Å². The summed E-state index contributed by atoms with van der Waals surface area (Å²) < 4.78 is 66.4. The van der Waals surface area contributed by atoms with Crippen LogP contribution in [-0.2, 0) is 11.8 Å². The van der Waals surface area contributed by atoms with E-state index in [1.54, 1.807) is 42.5 Å². The van der Waals surface area contributed by atoms with Crippen molar-refractivity contribution >= 4 is 23.0 Å². The Hall–Kier alpha value is -3.44. The van der Waals surface area contributed by atoms with Gasteiger partial charge in [-0.15, -0.1) is 11.3 Å². The predicted octanol–water partition coefficient (Wildman–Crippen LogP) is 5.86. The van der Waals surface area contributed by atoms with E-state index in [-0.39, 0.29) is 16.5 Å². The molecule has 0 bridgehead atoms. The van der Waals surface area contributed by atoms with Crippen LogP contribution in [0.3, 0.4) is 0 Å². The minimum atomic E-state index is -4.61. The van der Waals surface area contributed by atoms with Crippen LogP contribution in [0, 0.1) is 0 Å². The zero-order chi connectivity index (χ0) is 23.6. The molecule has 11 heteroatoms. The summed E-state index contributed by atoms with van der Waals surface area (Å²) in [6, 6.07) is 14.8. The van der Waals surface area contributed by atoms with Crippen LogP contribution in [0.5, 0.6) is 0 Å². The third-order valence-electron chi connectivity index (χ3n) is 4.71. The minimum Gasteiger partial charge on any atom is -0.373 e. The molecular formula is C22H15F5N4OS. The molecule has 0 saturated heterocycles. The van der Waals surface area contributed by atoms with Crippen LogP contribution in [-0.4, -0.2) is 26.5 Å². The van der Waals surface area contributed by atoms with Gasteiger partial charge in [0.05, 0.1) is 4.88 Å². The first-order valence-electron chi connectivity index (χ1n) is 9.48. The highest BCUT2D eigenvalue weighted by atomic mass is 32.1. The van der Waals surface area contributed by atoms with Crippen molar-refractivity contribution in [2.45, 2.75) is 18.2 Å². The largest absolute Gasteiger partial charge is 0.433 e. The Morgan fingerprint density at radius 2 is 1.70 bits per heavy atom. The van der Waals surface area contributed by atoms with E-state index in [1.165, 1.54) is 18.3 Å². The number of alkyl halides is 5. The predicted molar refractivity (Wildman–Crippen MR) is 113 cm³/mol. The Balaban J connectivity index is 1.63. The third-order valence-corrected chi connectivity index (χ3v) is 5.88. The molecular weight excluding hydrogens is 463 g/mol. The number of halogens is 5. The van der Waals surface area contributed by atoms with Crippen molar-refractivity contribution in [1.82, 2.24) is 15.0 Å². The number of benzene rings is 2. The first-order valence-corrected chi connectivity index (χ1v) is 10.3. The number of hydrogen-bond acceptors (Lipinski definition) is 6. The van der Waals surface area contributed by atoms with Crippen molar-refractivity contribution in [2.75, 3.05) is 5.32 Å². The summed E-state index contributed by atoms with van der Waals surface area (Å²) in [4.78, 5) is 11.8. The Bertz CT molecular complexity index is 1250. The second-order valence-corrected chi connectivity index (χ2v) is 7.96. The van der Waals surface area contributed by atoms with Gasteiger partial charge < -0.3 is 10.4 Å². The number of nitrogens with one attached hydrogen (secondary N) is 1. The lowest BCUT2D eigenvalue weighted by Gasteiger charge is -2.25. The second kappa shape index (κ2) is 8.83. The third kappa shape index (κ3) is 4.69. The zero-order valence-corrected chi connectivity index (χ0v) is 17.4. The summed E-state index contributed by atoms with van der Waals surface area (Å²) >= 11 is 0.888. The van der Waals surface area contributed by atoms with Crippen molar-refractivity contribution in [3.05, 3.63) is 89.3 Å². The van der Waals surface area contributed by atoms with Crippen molar-refractivity contribution in [2.24, 2.45) is 0 Å². The average Bonchev–Trinajstić information content (AvgIpc) is 3.30. The van der Waals surface area contributed by atoms with Crippen LogP contribution in [0.25, 0.3) is 10.4 Å². The molecule has 0 spiro atoms. The monoisotopic (exact) mass is 478 g/mol. The van der Waals surface area contributed by atoms with Gasteiger partial charge in [-0.25, -0.2) is 23.7 Å². The molecule has 5 nitrogen and oxygen atoms in total. The number of rotatable bonds is 6. The van der Waals surface area contributed by atoms with Crippen molar-refractivity contribution in [1.29, 1.82) is 0 Å². The molecule has 2 N–H and O–H groups in total. The van der Waals surface area contributed by atoms with Crippen LogP contribution >= 0.6 is 11.3 Å². The molecule has 4 rings (SSSR count). The highest BCUT2D eigenvalue weighted by molar-refractivity contribution is 7.15. The molecule has 1 unspecified atom stereocenters. The molecule has 1 atom stereocenters. The Morgan fingerprint density at radius 3 is 2.39 bits per heavy atom. The summed E-state index contributed by atoms with van der Waals surface area (Å²) in [6.45, 7) is 0.